The van der Waals surface area contributed by atoms with Crippen LogP contribution in [0.15, 0.2) is 47.0 Å². The number of hydrogen-bond donors (Lipinski definition) is 1. The molecule has 0 spiro atoms. The van der Waals surface area contributed by atoms with Gasteiger partial charge < -0.3 is 23.9 Å². The Labute approximate surface area is 187 Å². The molecule has 0 bridgehead atoms. The zero-order valence-electron chi connectivity index (χ0n) is 17.5. The second-order valence-corrected chi connectivity index (χ2v) is 8.40. The lowest BCUT2D eigenvalue weighted by Gasteiger charge is -2.11. The summed E-state index contributed by atoms with van der Waals surface area (Å²) >= 11 is 1.37. The summed E-state index contributed by atoms with van der Waals surface area (Å²) in [4.78, 5) is 5.35. The van der Waals surface area contributed by atoms with Crippen molar-refractivity contribution in [2.75, 3.05) is 26.1 Å². The Morgan fingerprint density at radius 3 is 2.97 bits per heavy atom. The van der Waals surface area contributed by atoms with Crippen LogP contribution in [-0.4, -0.2) is 35.4 Å². The molecule has 0 saturated carbocycles. The Bertz CT molecular complexity index is 1420. The highest BCUT2D eigenvalue weighted by Crippen LogP contribution is 2.38. The molecule has 0 atom stereocenters. The molecule has 8 nitrogen and oxygen atoms in total. The molecule has 1 aliphatic rings. The predicted molar refractivity (Wildman–Crippen MR) is 122 cm³/mol. The van der Waals surface area contributed by atoms with Crippen molar-refractivity contribution in [3.05, 3.63) is 53.7 Å². The molecule has 0 amide bonds. The molecule has 32 heavy (non-hydrogen) atoms. The van der Waals surface area contributed by atoms with Crippen LogP contribution in [0.1, 0.15) is 11.1 Å². The Kier molecular flexibility index (Phi) is 4.43. The topological polar surface area (TPSA) is 83.1 Å². The zero-order valence-corrected chi connectivity index (χ0v) is 18.4. The summed E-state index contributed by atoms with van der Waals surface area (Å²) in [6.07, 6.45) is 2.83. The van der Waals surface area contributed by atoms with Crippen molar-refractivity contribution in [2.24, 2.45) is 0 Å². The monoisotopic (exact) mass is 448 g/mol. The van der Waals surface area contributed by atoms with Gasteiger partial charge in [0, 0.05) is 24.4 Å². The Hall–Kier alpha value is -3.72. The smallest absolute Gasteiger partial charge is 0.294 e. The van der Waals surface area contributed by atoms with Gasteiger partial charge in [-0.1, -0.05) is 12.1 Å². The van der Waals surface area contributed by atoms with E-state index >= 15 is 0 Å². The SMILES string of the molecule is COc1cc(OCc2cccc3c2CCN3)c2cc(-c3cn4nc(OC)sc4n3)oc2c1. The number of nitrogens with one attached hydrogen (secondary N) is 1. The number of nitrogens with zero attached hydrogens (tertiary/aromatic N) is 3. The van der Waals surface area contributed by atoms with Gasteiger partial charge in [0.15, 0.2) is 5.76 Å². The fraction of sp³-hybridized carbons (Fsp3) is 0.217. The van der Waals surface area contributed by atoms with E-state index in [-0.39, 0.29) is 0 Å². The van der Waals surface area contributed by atoms with Crippen LogP contribution < -0.4 is 19.5 Å². The highest BCUT2D eigenvalue weighted by molar-refractivity contribution is 7.18. The first-order valence-electron chi connectivity index (χ1n) is 10.2. The molecule has 2 aromatic carbocycles. The highest BCUT2D eigenvalue weighted by Gasteiger charge is 2.18. The van der Waals surface area contributed by atoms with Gasteiger partial charge in [-0.05, 0) is 41.0 Å². The first kappa shape index (κ1) is 19.0. The van der Waals surface area contributed by atoms with Gasteiger partial charge in [0.25, 0.3) is 5.19 Å². The lowest BCUT2D eigenvalue weighted by atomic mass is 10.1. The average molecular weight is 449 g/mol. The Morgan fingerprint density at radius 2 is 2.12 bits per heavy atom. The van der Waals surface area contributed by atoms with Gasteiger partial charge >= 0.3 is 0 Å². The number of hydrogen-bond acceptors (Lipinski definition) is 8. The van der Waals surface area contributed by atoms with Crippen LogP contribution in [0.5, 0.6) is 16.7 Å². The maximum Gasteiger partial charge on any atom is 0.294 e. The first-order valence-corrected chi connectivity index (χ1v) is 11.0. The molecular formula is C23H20N4O4S. The number of rotatable bonds is 6. The van der Waals surface area contributed by atoms with Gasteiger partial charge in [-0.15, -0.1) is 5.10 Å². The number of imidazole rings is 1. The third-order valence-corrected chi connectivity index (χ3v) is 6.49. The number of aromatic nitrogens is 3. The molecule has 3 aromatic heterocycles. The number of fused-ring (bicyclic) bond motifs is 3. The van der Waals surface area contributed by atoms with E-state index in [9.17, 15) is 0 Å². The van der Waals surface area contributed by atoms with E-state index in [1.807, 2.05) is 24.4 Å². The molecule has 9 heteroatoms. The molecule has 1 N–H and O–H groups in total. The van der Waals surface area contributed by atoms with Gasteiger partial charge in [-0.25, -0.2) is 9.50 Å². The van der Waals surface area contributed by atoms with Gasteiger partial charge in [0.2, 0.25) is 4.96 Å². The molecule has 6 rings (SSSR count). The van der Waals surface area contributed by atoms with E-state index in [2.05, 4.69) is 33.6 Å². The van der Waals surface area contributed by atoms with Gasteiger partial charge in [0.05, 0.1) is 25.8 Å². The largest absolute Gasteiger partial charge is 0.496 e. The van der Waals surface area contributed by atoms with Crippen LogP contribution in [0.4, 0.5) is 5.69 Å². The number of anilines is 1. The second kappa shape index (κ2) is 7.45. The molecular weight excluding hydrogens is 428 g/mol. The summed E-state index contributed by atoms with van der Waals surface area (Å²) < 4.78 is 24.7. The van der Waals surface area contributed by atoms with Crippen molar-refractivity contribution in [2.45, 2.75) is 13.0 Å². The van der Waals surface area contributed by atoms with Gasteiger partial charge in [-0.2, -0.15) is 0 Å². The van der Waals surface area contributed by atoms with Crippen LogP contribution in [0.3, 0.4) is 0 Å². The summed E-state index contributed by atoms with van der Waals surface area (Å²) in [5.74, 6) is 2.02. The summed E-state index contributed by atoms with van der Waals surface area (Å²) in [6, 6.07) is 12.0. The molecule has 4 heterocycles. The minimum Gasteiger partial charge on any atom is -0.496 e. The summed E-state index contributed by atoms with van der Waals surface area (Å²) in [5, 5.41) is 9.17. The Morgan fingerprint density at radius 1 is 1.19 bits per heavy atom. The summed E-state index contributed by atoms with van der Waals surface area (Å²) in [7, 11) is 3.22. The maximum absolute atomic E-state index is 6.28. The number of methoxy groups -OCH3 is 2. The molecule has 0 radical (unpaired) electrons. The van der Waals surface area contributed by atoms with E-state index in [1.54, 1.807) is 18.7 Å². The molecule has 0 aliphatic carbocycles. The maximum atomic E-state index is 6.28. The van der Waals surface area contributed by atoms with Crippen molar-refractivity contribution < 1.29 is 18.6 Å². The van der Waals surface area contributed by atoms with Crippen molar-refractivity contribution >= 4 is 33.0 Å². The summed E-state index contributed by atoms with van der Waals surface area (Å²) in [6.45, 7) is 1.43. The Balaban J connectivity index is 1.36. The lowest BCUT2D eigenvalue weighted by molar-refractivity contribution is 0.306. The molecule has 5 aromatic rings. The van der Waals surface area contributed by atoms with Crippen molar-refractivity contribution in [1.82, 2.24) is 14.6 Å². The molecule has 1 aliphatic heterocycles. The summed E-state index contributed by atoms with van der Waals surface area (Å²) in [5.41, 5.74) is 5.07. The van der Waals surface area contributed by atoms with Crippen LogP contribution in [0.2, 0.25) is 0 Å². The molecule has 162 valence electrons. The fourth-order valence-corrected chi connectivity index (χ4v) is 4.74. The van der Waals surface area contributed by atoms with E-state index < -0.39 is 0 Å². The van der Waals surface area contributed by atoms with Crippen molar-refractivity contribution in [1.29, 1.82) is 0 Å². The first-order chi connectivity index (χ1) is 15.7. The fourth-order valence-electron chi connectivity index (χ4n) is 4.04. The normalized spacial score (nSPS) is 12.8. The van der Waals surface area contributed by atoms with Crippen molar-refractivity contribution in [3.8, 4) is 28.1 Å². The average Bonchev–Trinajstić information content (AvgIpc) is 3.58. The second-order valence-electron chi connectivity index (χ2n) is 7.48. The van der Waals surface area contributed by atoms with Gasteiger partial charge in [0.1, 0.15) is 29.4 Å². The van der Waals surface area contributed by atoms with Crippen LogP contribution in [0, 0.1) is 0 Å². The van der Waals surface area contributed by atoms with Gasteiger partial charge in [-0.3, -0.25) is 0 Å². The number of furan rings is 1. The van der Waals surface area contributed by atoms with Crippen LogP contribution in [-0.2, 0) is 13.0 Å². The van der Waals surface area contributed by atoms with Crippen LogP contribution >= 0.6 is 11.3 Å². The molecule has 0 saturated heterocycles. The number of ether oxygens (including phenoxy) is 3. The van der Waals surface area contributed by atoms with Crippen LogP contribution in [0.25, 0.3) is 27.4 Å². The van der Waals surface area contributed by atoms with E-state index in [0.717, 1.165) is 23.3 Å². The molecule has 0 fully saturated rings. The lowest BCUT2D eigenvalue weighted by Crippen LogP contribution is -1.99. The van der Waals surface area contributed by atoms with E-state index in [1.165, 1.54) is 28.2 Å². The highest BCUT2D eigenvalue weighted by atomic mass is 32.1. The minimum absolute atomic E-state index is 0.470. The standard InChI is InChI=1S/C23H20N4O4S/c1-28-14-8-19(30-12-13-4-3-5-17-15(13)6-7-24-17)16-10-21(31-20(16)9-14)18-11-27-22(25-18)32-23(26-27)29-2/h3-5,8-11,24H,6-7,12H2,1-2H3. The quantitative estimate of drug-likeness (QED) is 0.401. The molecule has 0 unspecified atom stereocenters. The van der Waals surface area contributed by atoms with E-state index in [4.69, 9.17) is 18.6 Å². The zero-order chi connectivity index (χ0) is 21.7. The minimum atomic E-state index is 0.470. The number of benzene rings is 2. The third kappa shape index (κ3) is 3.13. The van der Waals surface area contributed by atoms with E-state index in [0.29, 0.717) is 40.3 Å². The predicted octanol–water partition coefficient (Wildman–Crippen LogP) is 4.77. The third-order valence-electron chi connectivity index (χ3n) is 5.61. The van der Waals surface area contributed by atoms with Crippen molar-refractivity contribution in [3.63, 3.8) is 0 Å².